The van der Waals surface area contributed by atoms with Crippen molar-refractivity contribution in [2.75, 3.05) is 0 Å². The van der Waals surface area contributed by atoms with E-state index in [2.05, 4.69) is 149 Å². The average Bonchev–Trinajstić information content (AvgIpc) is 3.90. The molecule has 246 valence electrons. The number of benzene rings is 8. The van der Waals surface area contributed by atoms with Gasteiger partial charge in [0.05, 0.1) is 23.3 Å². The molecule has 0 radical (unpaired) electrons. The SMILES string of the molecule is [C-]#[N+]c1ccc(-c2ccc3oc4ccccc4c3c2)c2c1oc1c(-n3c4ccc(-c5ccccc5)cc4c4cc(-c5ccccc5)ccc43)cccc12. The number of hydrogen-bond donors (Lipinski definition) is 0. The number of nitrogens with zero attached hydrogens (tertiary/aromatic N) is 2. The standard InChI is InChI=1S/C49H28N2O2/c1-50-41-23-22-35(34-21-26-46-40(29-34)36-15-8-9-18-45(36)52-46)47-37-16-10-17-44(48(37)53-49(41)47)51-42-24-19-32(30-11-4-2-5-12-30)27-38(42)39-28-33(20-25-43(39)51)31-13-6-3-7-14-31/h2-29H. The van der Waals surface area contributed by atoms with Crippen molar-refractivity contribution in [2.24, 2.45) is 0 Å². The van der Waals surface area contributed by atoms with E-state index in [1.54, 1.807) is 0 Å². The van der Waals surface area contributed by atoms with Crippen LogP contribution in [0.1, 0.15) is 0 Å². The second kappa shape index (κ2) is 11.3. The van der Waals surface area contributed by atoms with Gasteiger partial charge >= 0.3 is 0 Å². The van der Waals surface area contributed by atoms with Gasteiger partial charge in [-0.3, -0.25) is 0 Å². The first-order chi connectivity index (χ1) is 26.2. The smallest absolute Gasteiger partial charge is 0.229 e. The molecule has 0 fully saturated rings. The van der Waals surface area contributed by atoms with Gasteiger partial charge in [0.25, 0.3) is 0 Å². The molecular weight excluding hydrogens is 649 g/mol. The third-order valence-corrected chi connectivity index (χ3v) is 10.6. The zero-order valence-corrected chi connectivity index (χ0v) is 28.4. The summed E-state index contributed by atoms with van der Waals surface area (Å²) < 4.78 is 15.3. The van der Waals surface area contributed by atoms with Gasteiger partial charge in [0.2, 0.25) is 5.69 Å². The molecule has 0 saturated carbocycles. The fraction of sp³-hybridized carbons (Fsp3) is 0. The van der Waals surface area contributed by atoms with Crippen LogP contribution >= 0.6 is 0 Å². The molecule has 0 aliphatic carbocycles. The highest BCUT2D eigenvalue weighted by molar-refractivity contribution is 6.19. The molecule has 0 aliphatic rings. The highest BCUT2D eigenvalue weighted by Crippen LogP contribution is 2.46. The third-order valence-electron chi connectivity index (χ3n) is 10.6. The first-order valence-electron chi connectivity index (χ1n) is 17.7. The maximum atomic E-state index is 8.09. The zero-order valence-electron chi connectivity index (χ0n) is 28.4. The summed E-state index contributed by atoms with van der Waals surface area (Å²) in [7, 11) is 0. The van der Waals surface area contributed by atoms with Crippen molar-refractivity contribution in [1.29, 1.82) is 0 Å². The van der Waals surface area contributed by atoms with Crippen LogP contribution in [0, 0.1) is 6.57 Å². The van der Waals surface area contributed by atoms with Gasteiger partial charge in [0.15, 0.2) is 5.58 Å². The van der Waals surface area contributed by atoms with Crippen LogP contribution in [-0.4, -0.2) is 4.57 Å². The second-order valence-electron chi connectivity index (χ2n) is 13.5. The van der Waals surface area contributed by atoms with E-state index >= 15 is 0 Å². The molecule has 0 amide bonds. The van der Waals surface area contributed by atoms with Gasteiger partial charge in [-0.05, 0) is 81.9 Å². The number of para-hydroxylation sites is 2. The number of hydrogen-bond acceptors (Lipinski definition) is 2. The lowest BCUT2D eigenvalue weighted by molar-refractivity contribution is 0.668. The minimum absolute atomic E-state index is 0.489. The van der Waals surface area contributed by atoms with Gasteiger partial charge < -0.3 is 13.4 Å². The Morgan fingerprint density at radius 2 is 1.02 bits per heavy atom. The van der Waals surface area contributed by atoms with E-state index in [4.69, 9.17) is 15.4 Å². The van der Waals surface area contributed by atoms with Crippen molar-refractivity contribution in [1.82, 2.24) is 4.57 Å². The Kier molecular flexibility index (Phi) is 6.28. The van der Waals surface area contributed by atoms with Crippen molar-refractivity contribution in [3.63, 3.8) is 0 Å². The van der Waals surface area contributed by atoms with Crippen LogP contribution in [0.3, 0.4) is 0 Å². The summed E-state index contributed by atoms with van der Waals surface area (Å²) >= 11 is 0. The second-order valence-corrected chi connectivity index (χ2v) is 13.5. The van der Waals surface area contributed by atoms with E-state index in [0.29, 0.717) is 11.3 Å². The molecule has 8 aromatic carbocycles. The summed E-state index contributed by atoms with van der Waals surface area (Å²) in [6, 6.07) is 59.3. The van der Waals surface area contributed by atoms with Crippen LogP contribution in [0.2, 0.25) is 0 Å². The molecule has 4 nitrogen and oxygen atoms in total. The summed E-state index contributed by atoms with van der Waals surface area (Å²) in [6.07, 6.45) is 0. The third kappa shape index (κ3) is 4.41. The van der Waals surface area contributed by atoms with E-state index in [0.717, 1.165) is 88.0 Å². The van der Waals surface area contributed by atoms with Gasteiger partial charge in [-0.2, -0.15) is 0 Å². The lowest BCUT2D eigenvalue weighted by Gasteiger charge is -2.10. The first kappa shape index (κ1) is 29.4. The van der Waals surface area contributed by atoms with E-state index in [1.165, 1.54) is 11.1 Å². The van der Waals surface area contributed by atoms with Crippen LogP contribution in [-0.2, 0) is 0 Å². The maximum absolute atomic E-state index is 8.09. The molecule has 11 aromatic rings. The van der Waals surface area contributed by atoms with Gasteiger partial charge in [0.1, 0.15) is 16.7 Å². The summed E-state index contributed by atoms with van der Waals surface area (Å²) in [5.41, 5.74) is 13.4. The molecule has 0 aliphatic heterocycles. The first-order valence-corrected chi connectivity index (χ1v) is 17.7. The summed E-state index contributed by atoms with van der Waals surface area (Å²) in [5.74, 6) is 0. The molecule has 3 heterocycles. The Labute approximate surface area is 304 Å². The maximum Gasteiger partial charge on any atom is 0.229 e. The van der Waals surface area contributed by atoms with E-state index in [1.807, 2.05) is 30.3 Å². The van der Waals surface area contributed by atoms with Crippen molar-refractivity contribution in [3.8, 4) is 39.1 Å². The largest absolute Gasteiger partial charge is 0.465 e. The van der Waals surface area contributed by atoms with Gasteiger partial charge in [-0.15, -0.1) is 0 Å². The molecule has 0 atom stereocenters. The number of aromatic nitrogens is 1. The predicted molar refractivity (Wildman–Crippen MR) is 218 cm³/mol. The monoisotopic (exact) mass is 676 g/mol. The van der Waals surface area contributed by atoms with Gasteiger partial charge in [-0.25, -0.2) is 4.85 Å². The highest BCUT2D eigenvalue weighted by atomic mass is 16.3. The van der Waals surface area contributed by atoms with Crippen molar-refractivity contribution in [2.45, 2.75) is 0 Å². The highest BCUT2D eigenvalue weighted by Gasteiger charge is 2.22. The van der Waals surface area contributed by atoms with Crippen LogP contribution in [0.25, 0.3) is 110 Å². The molecule has 4 heteroatoms. The minimum atomic E-state index is 0.489. The summed E-state index contributed by atoms with van der Waals surface area (Å²) in [5, 5.41) is 6.36. The number of fused-ring (bicyclic) bond motifs is 9. The molecule has 0 spiro atoms. The zero-order chi connectivity index (χ0) is 35.0. The van der Waals surface area contributed by atoms with Crippen LogP contribution in [0.15, 0.2) is 179 Å². The molecule has 0 saturated heterocycles. The molecule has 0 bridgehead atoms. The van der Waals surface area contributed by atoms with Gasteiger partial charge in [0, 0.05) is 32.3 Å². The van der Waals surface area contributed by atoms with Crippen LogP contribution < -0.4 is 0 Å². The Hall–Kier alpha value is -7.35. The van der Waals surface area contributed by atoms with E-state index in [-0.39, 0.29) is 0 Å². The normalized spacial score (nSPS) is 11.8. The number of rotatable bonds is 4. The molecular formula is C49H28N2O2. The van der Waals surface area contributed by atoms with Crippen molar-refractivity contribution < 1.29 is 8.83 Å². The lowest BCUT2D eigenvalue weighted by Crippen LogP contribution is -1.94. The molecule has 53 heavy (non-hydrogen) atoms. The Morgan fingerprint density at radius 3 is 1.72 bits per heavy atom. The Balaban J connectivity index is 1.19. The minimum Gasteiger partial charge on any atom is -0.465 e. The van der Waals surface area contributed by atoms with Crippen molar-refractivity contribution in [3.05, 3.63) is 181 Å². The quantitative estimate of drug-likeness (QED) is 0.174. The molecule has 11 rings (SSSR count). The van der Waals surface area contributed by atoms with E-state index in [9.17, 15) is 0 Å². The lowest BCUT2D eigenvalue weighted by atomic mass is 9.97. The van der Waals surface area contributed by atoms with Crippen LogP contribution in [0.5, 0.6) is 0 Å². The molecule has 3 aromatic heterocycles. The topological polar surface area (TPSA) is 35.6 Å². The summed E-state index contributed by atoms with van der Waals surface area (Å²) in [6.45, 7) is 8.09. The average molecular weight is 677 g/mol. The summed E-state index contributed by atoms with van der Waals surface area (Å²) in [4.78, 5) is 3.92. The van der Waals surface area contributed by atoms with Crippen molar-refractivity contribution >= 4 is 71.4 Å². The number of furan rings is 2. The Bertz CT molecular complexity index is 3190. The molecule has 0 unspecified atom stereocenters. The van der Waals surface area contributed by atoms with Gasteiger partial charge in [-0.1, -0.05) is 121 Å². The molecule has 0 N–H and O–H groups in total. The fourth-order valence-electron chi connectivity index (χ4n) is 8.17. The predicted octanol–water partition coefficient (Wildman–Crippen LogP) is 14.1. The van der Waals surface area contributed by atoms with Crippen LogP contribution in [0.4, 0.5) is 5.69 Å². The Morgan fingerprint density at radius 1 is 0.415 bits per heavy atom. The fourth-order valence-corrected chi connectivity index (χ4v) is 8.17. The van der Waals surface area contributed by atoms with E-state index < -0.39 is 0 Å².